The van der Waals surface area contributed by atoms with Gasteiger partial charge in [0.25, 0.3) is 0 Å². The summed E-state index contributed by atoms with van der Waals surface area (Å²) in [6.45, 7) is 1.92. The maximum atomic E-state index is 13.8. The summed E-state index contributed by atoms with van der Waals surface area (Å²) in [5.41, 5.74) is 5.40. The van der Waals surface area contributed by atoms with Gasteiger partial charge in [0.1, 0.15) is 0 Å². The average molecular weight is 627 g/mol. The van der Waals surface area contributed by atoms with Gasteiger partial charge in [0.05, 0.1) is 11.6 Å². The summed E-state index contributed by atoms with van der Waals surface area (Å²) in [6.07, 6.45) is 3.47. The normalized spacial score (nSPS) is 9.97. The Balaban J connectivity index is 0.000000212. The zero-order valence-corrected chi connectivity index (χ0v) is 20.7. The Kier molecular flexibility index (Phi) is 8.92. The molecule has 5 aromatic rings. The van der Waals surface area contributed by atoms with Crippen molar-refractivity contribution in [1.82, 2.24) is 9.97 Å². The molecule has 0 amide bonds. The van der Waals surface area contributed by atoms with E-state index in [9.17, 15) is 8.78 Å². The van der Waals surface area contributed by atoms with Crippen LogP contribution in [0.5, 0.6) is 0 Å². The monoisotopic (exact) mass is 627 g/mol. The van der Waals surface area contributed by atoms with Crippen molar-refractivity contribution in [3.8, 4) is 33.6 Å². The van der Waals surface area contributed by atoms with Crippen LogP contribution in [-0.2, 0) is 20.1 Å². The van der Waals surface area contributed by atoms with Crippen molar-refractivity contribution in [3.63, 3.8) is 0 Å². The first kappa shape index (κ1) is 25.1. The van der Waals surface area contributed by atoms with Crippen molar-refractivity contribution in [1.29, 1.82) is 0 Å². The summed E-state index contributed by atoms with van der Waals surface area (Å²) in [5.74, 6) is -1.81. The Morgan fingerprint density at radius 2 is 1.50 bits per heavy atom. The minimum absolute atomic E-state index is 0. The molecule has 171 valence electrons. The van der Waals surface area contributed by atoms with Crippen LogP contribution in [0.4, 0.5) is 8.78 Å². The van der Waals surface area contributed by atoms with Crippen LogP contribution in [0.25, 0.3) is 33.6 Å². The average Bonchev–Trinajstić information content (AvgIpc) is 2.88. The topological polar surface area (TPSA) is 25.8 Å². The van der Waals surface area contributed by atoms with E-state index in [0.717, 1.165) is 34.0 Å². The fourth-order valence-corrected chi connectivity index (χ4v) is 3.33. The first-order valence-electron chi connectivity index (χ1n) is 10.4. The van der Waals surface area contributed by atoms with Crippen LogP contribution in [0.3, 0.4) is 0 Å². The Labute approximate surface area is 211 Å². The van der Waals surface area contributed by atoms with E-state index in [-0.39, 0.29) is 25.7 Å². The first-order chi connectivity index (χ1) is 16.1. The van der Waals surface area contributed by atoms with E-state index in [4.69, 9.17) is 0 Å². The number of nitrogens with zero attached hydrogens (tertiary/aromatic N) is 2. The van der Waals surface area contributed by atoms with Crippen LogP contribution >= 0.6 is 0 Å². The fraction of sp³-hybridized carbons (Fsp3) is 0.0345. The van der Waals surface area contributed by atoms with Crippen LogP contribution in [0.2, 0.25) is 0 Å². The van der Waals surface area contributed by atoms with Gasteiger partial charge in [-0.15, -0.1) is 54.1 Å². The SMILES string of the molecule is Cc1cc(-c2[c-]ccc(F)c2F)ncc1-c1ccccc1.[Ir].[c-]1ccccc1-c1ccccn1. The Morgan fingerprint density at radius 3 is 2.18 bits per heavy atom. The summed E-state index contributed by atoms with van der Waals surface area (Å²) in [6, 6.07) is 33.5. The molecule has 0 aliphatic rings. The van der Waals surface area contributed by atoms with E-state index in [0.29, 0.717) is 5.69 Å². The number of rotatable bonds is 3. The summed E-state index contributed by atoms with van der Waals surface area (Å²) < 4.78 is 27.1. The van der Waals surface area contributed by atoms with Crippen LogP contribution in [0, 0.1) is 30.7 Å². The molecular weight excluding hydrogens is 607 g/mol. The number of hydrogen-bond acceptors (Lipinski definition) is 2. The number of aryl methyl sites for hydroxylation is 1. The minimum atomic E-state index is -0.920. The molecular formula is C29H20F2IrN2-2. The molecule has 0 N–H and O–H groups in total. The predicted octanol–water partition coefficient (Wildman–Crippen LogP) is 7.35. The molecule has 5 rings (SSSR count). The van der Waals surface area contributed by atoms with Crippen molar-refractivity contribution >= 4 is 0 Å². The van der Waals surface area contributed by atoms with Crippen molar-refractivity contribution in [2.45, 2.75) is 6.92 Å². The number of aromatic nitrogens is 2. The molecule has 2 aromatic heterocycles. The Hall–Kier alpha value is -3.53. The summed E-state index contributed by atoms with van der Waals surface area (Å²) in [4.78, 5) is 8.47. The van der Waals surface area contributed by atoms with Crippen molar-refractivity contribution in [2.24, 2.45) is 0 Å². The van der Waals surface area contributed by atoms with E-state index in [2.05, 4.69) is 22.1 Å². The second kappa shape index (κ2) is 12.1. The number of benzene rings is 3. The van der Waals surface area contributed by atoms with Crippen molar-refractivity contribution < 1.29 is 28.9 Å². The molecule has 0 atom stereocenters. The molecule has 0 bridgehead atoms. The van der Waals surface area contributed by atoms with Gasteiger partial charge >= 0.3 is 0 Å². The molecule has 3 aromatic carbocycles. The third kappa shape index (κ3) is 6.07. The minimum Gasteiger partial charge on any atom is -0.305 e. The van der Waals surface area contributed by atoms with Gasteiger partial charge in [-0.3, -0.25) is 4.39 Å². The molecule has 2 heterocycles. The second-order valence-electron chi connectivity index (χ2n) is 7.26. The molecule has 0 saturated heterocycles. The maximum Gasteiger partial charge on any atom is 0.0765 e. The van der Waals surface area contributed by atoms with Gasteiger partial charge in [-0.2, -0.15) is 0 Å². The third-order valence-electron chi connectivity index (χ3n) is 4.99. The number of pyridine rings is 2. The Morgan fingerprint density at radius 1 is 0.735 bits per heavy atom. The molecule has 1 radical (unpaired) electrons. The van der Waals surface area contributed by atoms with Crippen LogP contribution in [-0.4, -0.2) is 9.97 Å². The van der Waals surface area contributed by atoms with E-state index in [1.807, 2.05) is 79.7 Å². The largest absolute Gasteiger partial charge is 0.305 e. The van der Waals surface area contributed by atoms with E-state index >= 15 is 0 Å². The molecule has 5 heteroatoms. The fourth-order valence-electron chi connectivity index (χ4n) is 3.33. The standard InChI is InChI=1S/C18H12F2N.C11H8N.Ir/c1-12-10-17(14-8-5-9-16(19)18(14)20)21-11-15(12)13-6-3-2-4-7-13;1-2-6-10(7-3-1)11-8-4-5-9-12-11;/h2-7,9-11H,1H3;1-6,8-9H;/q2*-1;. The smallest absolute Gasteiger partial charge is 0.0765 e. The van der Waals surface area contributed by atoms with Gasteiger partial charge in [-0.05, 0) is 35.5 Å². The predicted molar refractivity (Wildman–Crippen MR) is 127 cm³/mol. The quantitative estimate of drug-likeness (QED) is 0.196. The van der Waals surface area contributed by atoms with Gasteiger partial charge in [-0.1, -0.05) is 54.1 Å². The molecule has 0 unspecified atom stereocenters. The van der Waals surface area contributed by atoms with Crippen molar-refractivity contribution in [3.05, 3.63) is 133 Å². The summed E-state index contributed by atoms with van der Waals surface area (Å²) in [5, 5.41) is 0. The summed E-state index contributed by atoms with van der Waals surface area (Å²) >= 11 is 0. The van der Waals surface area contributed by atoms with E-state index < -0.39 is 11.6 Å². The van der Waals surface area contributed by atoms with Gasteiger partial charge in [0, 0.05) is 38.1 Å². The molecule has 0 fully saturated rings. The zero-order chi connectivity index (χ0) is 23.0. The molecule has 0 aliphatic carbocycles. The molecule has 0 spiro atoms. The van der Waals surface area contributed by atoms with Gasteiger partial charge in [-0.25, -0.2) is 4.39 Å². The molecule has 0 aliphatic heterocycles. The number of hydrogen-bond donors (Lipinski definition) is 0. The molecule has 0 saturated carbocycles. The van der Waals surface area contributed by atoms with Crippen LogP contribution in [0.15, 0.2) is 103 Å². The first-order valence-corrected chi connectivity index (χ1v) is 10.4. The van der Waals surface area contributed by atoms with Crippen molar-refractivity contribution in [2.75, 3.05) is 0 Å². The third-order valence-corrected chi connectivity index (χ3v) is 4.99. The van der Waals surface area contributed by atoms with Crippen LogP contribution in [0.1, 0.15) is 5.56 Å². The Bertz CT molecular complexity index is 1290. The maximum absolute atomic E-state index is 13.8. The van der Waals surface area contributed by atoms with E-state index in [1.165, 1.54) is 6.07 Å². The molecule has 34 heavy (non-hydrogen) atoms. The zero-order valence-electron chi connectivity index (χ0n) is 18.3. The van der Waals surface area contributed by atoms with Gasteiger partial charge in [0.15, 0.2) is 0 Å². The number of halogens is 2. The molecule has 2 nitrogen and oxygen atoms in total. The van der Waals surface area contributed by atoms with Gasteiger partial charge in [0.2, 0.25) is 0 Å². The summed E-state index contributed by atoms with van der Waals surface area (Å²) in [7, 11) is 0. The van der Waals surface area contributed by atoms with Gasteiger partial charge < -0.3 is 9.97 Å². The van der Waals surface area contributed by atoms with Crippen LogP contribution < -0.4 is 0 Å². The van der Waals surface area contributed by atoms with E-state index in [1.54, 1.807) is 18.5 Å². The second-order valence-corrected chi connectivity index (χ2v) is 7.26.